The van der Waals surface area contributed by atoms with Gasteiger partial charge in [0.05, 0.1) is 0 Å². The summed E-state index contributed by atoms with van der Waals surface area (Å²) >= 11 is 0. The summed E-state index contributed by atoms with van der Waals surface area (Å²) in [6, 6.07) is 17.1. The van der Waals surface area contributed by atoms with Gasteiger partial charge in [-0.05, 0) is 90.8 Å². The first-order chi connectivity index (χ1) is 22.7. The Morgan fingerprint density at radius 1 is 0.917 bits per heavy atom. The van der Waals surface area contributed by atoms with Crippen molar-refractivity contribution in [2.24, 2.45) is 17.3 Å². The Hall–Kier alpha value is -3.37. The van der Waals surface area contributed by atoms with Gasteiger partial charge in [-0.15, -0.1) is 0 Å². The van der Waals surface area contributed by atoms with Gasteiger partial charge in [-0.2, -0.15) is 22.0 Å². The van der Waals surface area contributed by atoms with Crippen LogP contribution < -0.4 is 0 Å². The van der Waals surface area contributed by atoms with Crippen molar-refractivity contribution >= 4 is 11.7 Å². The molecule has 7 rings (SSSR count). The molecule has 256 valence electrons. The minimum absolute atomic E-state index is 0.0156. The smallest absolute Gasteiger partial charge is 0.383 e. The normalized spacial score (nSPS) is 31.2. The molecule has 1 amide bonds. The molecule has 2 saturated carbocycles. The van der Waals surface area contributed by atoms with Gasteiger partial charge in [-0.1, -0.05) is 55.0 Å². The van der Waals surface area contributed by atoms with Gasteiger partial charge in [0.2, 0.25) is 0 Å². The highest BCUT2D eigenvalue weighted by molar-refractivity contribution is 5.94. The van der Waals surface area contributed by atoms with Crippen LogP contribution in [0.2, 0.25) is 0 Å². The van der Waals surface area contributed by atoms with Gasteiger partial charge in [0.15, 0.2) is 5.78 Å². The van der Waals surface area contributed by atoms with Crippen LogP contribution in [-0.2, 0) is 11.3 Å². The van der Waals surface area contributed by atoms with Gasteiger partial charge in [-0.3, -0.25) is 14.5 Å². The molecule has 5 atom stereocenters. The number of amides is 1. The monoisotopic (exact) mass is 668 g/mol. The van der Waals surface area contributed by atoms with Gasteiger partial charge in [0.1, 0.15) is 5.60 Å². The van der Waals surface area contributed by atoms with E-state index >= 15 is 8.78 Å². The number of hydrogen-bond acceptors (Lipinski definition) is 4. The van der Waals surface area contributed by atoms with Crippen molar-refractivity contribution in [3.05, 3.63) is 94.1 Å². The van der Waals surface area contributed by atoms with Crippen molar-refractivity contribution in [3.8, 4) is 0 Å². The topological polar surface area (TPSA) is 60.9 Å². The number of rotatable bonds is 5. The van der Waals surface area contributed by atoms with Crippen LogP contribution in [-0.4, -0.2) is 70.5 Å². The second-order valence-electron chi connectivity index (χ2n) is 14.6. The predicted molar refractivity (Wildman–Crippen MR) is 170 cm³/mol. The minimum Gasteiger partial charge on any atom is -0.383 e. The maximum atomic E-state index is 15.3. The average molecular weight is 669 g/mol. The molecule has 1 aliphatic heterocycles. The molecule has 4 aliphatic carbocycles. The number of carbonyl (C=O) groups is 2. The second-order valence-corrected chi connectivity index (χ2v) is 14.6. The fraction of sp³-hybridized carbons (Fsp3) is 0.526. The summed E-state index contributed by atoms with van der Waals surface area (Å²) in [7, 11) is 0. The summed E-state index contributed by atoms with van der Waals surface area (Å²) in [5.74, 6) is -6.42. The van der Waals surface area contributed by atoms with Gasteiger partial charge >= 0.3 is 12.1 Å². The third-order valence-corrected chi connectivity index (χ3v) is 12.2. The van der Waals surface area contributed by atoms with E-state index in [1.165, 1.54) is 6.92 Å². The van der Waals surface area contributed by atoms with E-state index in [9.17, 15) is 27.9 Å². The van der Waals surface area contributed by atoms with E-state index in [0.29, 0.717) is 64.0 Å². The number of piperazine rings is 1. The molecule has 0 radical (unpaired) electrons. The summed E-state index contributed by atoms with van der Waals surface area (Å²) in [6.45, 7) is 4.73. The molecule has 0 aromatic heterocycles. The van der Waals surface area contributed by atoms with Crippen LogP contribution in [0.25, 0.3) is 0 Å². The van der Waals surface area contributed by atoms with Crippen LogP contribution >= 0.6 is 0 Å². The molecule has 5 aliphatic rings. The largest absolute Gasteiger partial charge is 0.456 e. The van der Waals surface area contributed by atoms with Crippen LogP contribution in [0.4, 0.5) is 22.0 Å². The van der Waals surface area contributed by atoms with Crippen LogP contribution in [0.1, 0.15) is 79.3 Å². The Bertz CT molecular complexity index is 1640. The zero-order chi connectivity index (χ0) is 34.1. The van der Waals surface area contributed by atoms with E-state index < -0.39 is 41.4 Å². The molecule has 1 heterocycles. The number of ketones is 1. The van der Waals surface area contributed by atoms with Crippen molar-refractivity contribution in [2.75, 3.05) is 26.2 Å². The lowest BCUT2D eigenvalue weighted by atomic mass is 9.50. The summed E-state index contributed by atoms with van der Waals surface area (Å²) in [6.07, 6.45) is -2.73. The van der Waals surface area contributed by atoms with Crippen LogP contribution in [0.5, 0.6) is 0 Å². The first-order valence-electron chi connectivity index (χ1n) is 17.0. The second kappa shape index (κ2) is 11.9. The Morgan fingerprint density at radius 2 is 1.60 bits per heavy atom. The average Bonchev–Trinajstić information content (AvgIpc) is 3.35. The van der Waals surface area contributed by atoms with Gasteiger partial charge in [0.25, 0.3) is 5.91 Å². The quantitative estimate of drug-likeness (QED) is 0.336. The van der Waals surface area contributed by atoms with Gasteiger partial charge < -0.3 is 10.0 Å². The lowest BCUT2D eigenvalue weighted by Crippen LogP contribution is -2.65. The number of halogens is 5. The molecule has 1 saturated heterocycles. The van der Waals surface area contributed by atoms with E-state index in [1.54, 1.807) is 6.08 Å². The molecule has 2 aromatic carbocycles. The lowest BCUT2D eigenvalue weighted by molar-refractivity contribution is -0.362. The number of fused-ring (bicyclic) bond motifs is 4. The van der Waals surface area contributed by atoms with E-state index in [1.807, 2.05) is 59.5 Å². The number of nitrogens with zero attached hydrogens (tertiary/aromatic N) is 2. The minimum atomic E-state index is -5.87. The Kier molecular flexibility index (Phi) is 8.22. The molecule has 48 heavy (non-hydrogen) atoms. The highest BCUT2D eigenvalue weighted by Crippen LogP contribution is 2.70. The van der Waals surface area contributed by atoms with Crippen LogP contribution in [0, 0.1) is 17.3 Å². The van der Waals surface area contributed by atoms with Crippen LogP contribution in [0.15, 0.2) is 77.4 Å². The molecular weight excluding hydrogens is 627 g/mol. The summed E-state index contributed by atoms with van der Waals surface area (Å²) in [5.41, 5.74) is 0.711. The maximum Gasteiger partial charge on any atom is 0.456 e. The van der Waals surface area contributed by atoms with Crippen molar-refractivity contribution in [3.63, 3.8) is 0 Å². The highest BCUT2D eigenvalue weighted by Gasteiger charge is 2.79. The Morgan fingerprint density at radius 3 is 2.27 bits per heavy atom. The fourth-order valence-corrected chi connectivity index (χ4v) is 9.70. The summed E-state index contributed by atoms with van der Waals surface area (Å²) in [5, 5.41) is 11.5. The molecule has 10 heteroatoms. The van der Waals surface area contributed by atoms with E-state index in [4.69, 9.17) is 0 Å². The van der Waals surface area contributed by atoms with Crippen LogP contribution in [0.3, 0.4) is 0 Å². The fourth-order valence-electron chi connectivity index (χ4n) is 9.70. The SMILES string of the molecule is CC12C[C@H](c3ccc(CN4CCN(C(=O)c5ccccc5)CC4)cc3)C3=C4CCC(=O)C=C4CCC3C1CC[C@@]2(O)C(F)(F)C(F)(F)F. The van der Waals surface area contributed by atoms with Crippen molar-refractivity contribution in [1.29, 1.82) is 0 Å². The molecular formula is C38H41F5N2O3. The predicted octanol–water partition coefficient (Wildman–Crippen LogP) is 7.47. The third-order valence-electron chi connectivity index (χ3n) is 12.2. The van der Waals surface area contributed by atoms with E-state index in [2.05, 4.69) is 4.90 Å². The van der Waals surface area contributed by atoms with E-state index in [-0.39, 0.29) is 30.4 Å². The number of hydrogen-bond donors (Lipinski definition) is 1. The molecule has 3 fully saturated rings. The standard InChI is InChI=1S/C38H41F5N2O3/c1-35-22-31(25-9-7-24(8-10-25)23-44-17-19-45(20-18-44)34(47)26-5-3-2-4-6-26)33-29-14-12-28(46)21-27(29)11-13-30(33)32(35)15-16-36(35,48)37(39,40)38(41,42)43/h2-10,21,30-32,48H,11-20,22-23H2,1H3/t30?,31-,32?,35?,36+/m1/s1. The number of alkyl halides is 5. The molecule has 2 aromatic rings. The zero-order valence-corrected chi connectivity index (χ0v) is 27.0. The highest BCUT2D eigenvalue weighted by atomic mass is 19.4. The van der Waals surface area contributed by atoms with Crippen molar-refractivity contribution in [1.82, 2.24) is 9.80 Å². The first kappa shape index (κ1) is 33.1. The number of benzene rings is 2. The number of aliphatic hydroxyl groups is 1. The molecule has 0 spiro atoms. The zero-order valence-electron chi connectivity index (χ0n) is 27.0. The van der Waals surface area contributed by atoms with Gasteiger partial charge in [-0.25, -0.2) is 0 Å². The third kappa shape index (κ3) is 5.25. The maximum absolute atomic E-state index is 15.3. The molecule has 1 N–H and O–H groups in total. The molecule has 3 unspecified atom stereocenters. The lowest BCUT2D eigenvalue weighted by Gasteiger charge is -2.56. The van der Waals surface area contributed by atoms with Crippen molar-refractivity contribution < 1.29 is 36.6 Å². The van der Waals surface area contributed by atoms with Crippen molar-refractivity contribution in [2.45, 2.75) is 82.0 Å². The number of carbonyl (C=O) groups excluding carboxylic acids is 2. The molecule has 5 nitrogen and oxygen atoms in total. The number of allylic oxidation sites excluding steroid dienone is 4. The van der Waals surface area contributed by atoms with E-state index in [0.717, 1.165) is 27.8 Å². The first-order valence-corrected chi connectivity index (χ1v) is 17.0. The Labute approximate surface area is 277 Å². The Balaban J connectivity index is 1.15. The summed E-state index contributed by atoms with van der Waals surface area (Å²) in [4.78, 5) is 29.3. The summed E-state index contributed by atoms with van der Waals surface area (Å²) < 4.78 is 72.1. The van der Waals surface area contributed by atoms with Gasteiger partial charge in [0, 0.05) is 56.0 Å². The molecule has 0 bridgehead atoms.